The van der Waals surface area contributed by atoms with Gasteiger partial charge in [-0.1, -0.05) is 17.7 Å². The second-order valence-corrected chi connectivity index (χ2v) is 3.57. The zero-order valence-corrected chi connectivity index (χ0v) is 8.42. The van der Waals surface area contributed by atoms with Gasteiger partial charge in [0.2, 0.25) is 0 Å². The molecule has 1 aromatic heterocycles. The Balaban J connectivity index is 2.29. The Labute approximate surface area is 90.5 Å². The molecule has 0 unspecified atom stereocenters. The maximum Gasteiger partial charge on any atom is 0.156 e. The number of rotatable bonds is 2. The summed E-state index contributed by atoms with van der Waals surface area (Å²) in [5.41, 5.74) is 0.859. The van der Waals surface area contributed by atoms with Crippen molar-refractivity contribution in [3.05, 3.63) is 46.5 Å². The van der Waals surface area contributed by atoms with E-state index in [1.165, 1.54) is 12.3 Å². The molecule has 0 aliphatic carbocycles. The van der Waals surface area contributed by atoms with Crippen LogP contribution in [0.25, 0.3) is 0 Å². The van der Waals surface area contributed by atoms with Gasteiger partial charge in [-0.3, -0.25) is 5.10 Å². The van der Waals surface area contributed by atoms with Gasteiger partial charge in [0.25, 0.3) is 0 Å². The molecule has 2 aromatic rings. The number of hydrogen-bond donors (Lipinski definition) is 2. The van der Waals surface area contributed by atoms with Gasteiger partial charge in [-0.05, 0) is 17.7 Å². The van der Waals surface area contributed by atoms with Crippen LogP contribution in [-0.2, 0) is 6.42 Å². The summed E-state index contributed by atoms with van der Waals surface area (Å²) in [5.74, 6) is -0.366. The van der Waals surface area contributed by atoms with Gasteiger partial charge in [-0.25, -0.2) is 4.39 Å². The summed E-state index contributed by atoms with van der Waals surface area (Å²) >= 11 is 5.62. The van der Waals surface area contributed by atoms with Crippen LogP contribution in [0.3, 0.4) is 0 Å². The topological polar surface area (TPSA) is 48.9 Å². The van der Waals surface area contributed by atoms with Gasteiger partial charge in [-0.2, -0.15) is 5.10 Å². The monoisotopic (exact) mass is 226 g/mol. The van der Waals surface area contributed by atoms with Crippen molar-refractivity contribution in [1.82, 2.24) is 10.2 Å². The first-order valence-corrected chi connectivity index (χ1v) is 4.70. The highest BCUT2D eigenvalue weighted by Crippen LogP contribution is 2.20. The van der Waals surface area contributed by atoms with Gasteiger partial charge in [0.1, 0.15) is 11.5 Å². The maximum atomic E-state index is 13.4. The molecule has 0 aliphatic heterocycles. The second kappa shape index (κ2) is 3.90. The van der Waals surface area contributed by atoms with E-state index in [1.807, 2.05) is 0 Å². The van der Waals surface area contributed by atoms with Crippen molar-refractivity contribution in [2.24, 2.45) is 0 Å². The van der Waals surface area contributed by atoms with Crippen molar-refractivity contribution in [2.45, 2.75) is 6.42 Å². The van der Waals surface area contributed by atoms with Crippen molar-refractivity contribution in [3.8, 4) is 5.75 Å². The highest BCUT2D eigenvalue weighted by atomic mass is 35.5. The lowest BCUT2D eigenvalue weighted by molar-refractivity contribution is 0.469. The molecular weight excluding hydrogens is 219 g/mol. The summed E-state index contributed by atoms with van der Waals surface area (Å²) in [4.78, 5) is 0. The first kappa shape index (κ1) is 9.98. The zero-order valence-electron chi connectivity index (χ0n) is 7.67. The maximum absolute atomic E-state index is 13.4. The summed E-state index contributed by atoms with van der Waals surface area (Å²) in [6.07, 6.45) is 1.58. The molecule has 0 fully saturated rings. The van der Waals surface area contributed by atoms with Gasteiger partial charge < -0.3 is 5.11 Å². The second-order valence-electron chi connectivity index (χ2n) is 3.13. The molecule has 0 bridgehead atoms. The molecule has 2 N–H and O–H groups in total. The molecule has 78 valence electrons. The van der Waals surface area contributed by atoms with Gasteiger partial charge in [-0.15, -0.1) is 0 Å². The zero-order chi connectivity index (χ0) is 10.8. The van der Waals surface area contributed by atoms with Crippen molar-refractivity contribution in [3.63, 3.8) is 0 Å². The molecule has 15 heavy (non-hydrogen) atoms. The van der Waals surface area contributed by atoms with Crippen LogP contribution in [0.4, 0.5) is 4.39 Å². The minimum absolute atomic E-state index is 0.0318. The molecule has 0 amide bonds. The standard InChI is InChI=1S/C10H8ClFN2O/c11-7-2-1-6(8(12)4-7)3-9-10(15)5-13-14-9/h1-2,4-5,15H,3H2,(H,13,14). The minimum Gasteiger partial charge on any atom is -0.504 e. The summed E-state index contributed by atoms with van der Waals surface area (Å²) in [6, 6.07) is 4.41. The third kappa shape index (κ3) is 2.10. The van der Waals surface area contributed by atoms with E-state index in [4.69, 9.17) is 11.6 Å². The molecule has 5 heteroatoms. The molecule has 2 rings (SSSR count). The Bertz CT molecular complexity index is 484. The van der Waals surface area contributed by atoms with Crippen LogP contribution in [0, 0.1) is 5.82 Å². The van der Waals surface area contributed by atoms with Gasteiger partial charge in [0.15, 0.2) is 5.75 Å². The SMILES string of the molecule is Oc1c[nH]nc1Cc1ccc(Cl)cc1F. The number of aromatic nitrogens is 2. The lowest BCUT2D eigenvalue weighted by Crippen LogP contribution is -1.93. The van der Waals surface area contributed by atoms with E-state index in [1.54, 1.807) is 12.1 Å². The van der Waals surface area contributed by atoms with Crippen LogP contribution < -0.4 is 0 Å². The molecule has 0 saturated heterocycles. The predicted octanol–water partition coefficient (Wildman–Crippen LogP) is 2.50. The van der Waals surface area contributed by atoms with Crippen molar-refractivity contribution in [2.75, 3.05) is 0 Å². The van der Waals surface area contributed by atoms with Gasteiger partial charge in [0, 0.05) is 11.4 Å². The third-order valence-electron chi connectivity index (χ3n) is 2.07. The fraction of sp³-hybridized carbons (Fsp3) is 0.100. The lowest BCUT2D eigenvalue weighted by atomic mass is 10.1. The lowest BCUT2D eigenvalue weighted by Gasteiger charge is -2.01. The summed E-state index contributed by atoms with van der Waals surface area (Å²) in [7, 11) is 0. The van der Waals surface area contributed by atoms with E-state index >= 15 is 0 Å². The molecule has 1 heterocycles. The van der Waals surface area contributed by atoms with Crippen molar-refractivity contribution < 1.29 is 9.50 Å². The number of halogens is 2. The van der Waals surface area contributed by atoms with Crippen LogP contribution >= 0.6 is 11.6 Å². The number of hydrogen-bond acceptors (Lipinski definition) is 2. The van der Waals surface area contributed by atoms with Crippen LogP contribution in [0.5, 0.6) is 5.75 Å². The molecule has 0 atom stereocenters. The minimum atomic E-state index is -0.398. The summed E-state index contributed by atoms with van der Waals surface area (Å²) in [5, 5.41) is 16.0. The molecular formula is C10H8ClFN2O. The van der Waals surface area contributed by atoms with E-state index in [9.17, 15) is 9.50 Å². The first-order valence-electron chi connectivity index (χ1n) is 4.32. The predicted molar refractivity (Wildman–Crippen MR) is 54.5 cm³/mol. The van der Waals surface area contributed by atoms with Crippen molar-refractivity contribution >= 4 is 11.6 Å². The van der Waals surface area contributed by atoms with Gasteiger partial charge in [0.05, 0.1) is 6.20 Å². The number of aromatic hydroxyl groups is 1. The largest absolute Gasteiger partial charge is 0.504 e. The van der Waals surface area contributed by atoms with E-state index in [2.05, 4.69) is 10.2 Å². The number of nitrogens with zero attached hydrogens (tertiary/aromatic N) is 1. The Morgan fingerprint density at radius 1 is 1.47 bits per heavy atom. The Morgan fingerprint density at radius 2 is 2.27 bits per heavy atom. The van der Waals surface area contributed by atoms with Crippen LogP contribution in [0.1, 0.15) is 11.3 Å². The van der Waals surface area contributed by atoms with Crippen molar-refractivity contribution in [1.29, 1.82) is 0 Å². The Kier molecular flexibility index (Phi) is 2.60. The van der Waals surface area contributed by atoms with E-state index in [-0.39, 0.29) is 12.2 Å². The molecule has 0 saturated carbocycles. The molecule has 0 aliphatic rings. The summed E-state index contributed by atoms with van der Waals surface area (Å²) in [6.45, 7) is 0. The normalized spacial score (nSPS) is 10.5. The first-order chi connectivity index (χ1) is 7.16. The fourth-order valence-electron chi connectivity index (χ4n) is 1.29. The highest BCUT2D eigenvalue weighted by molar-refractivity contribution is 6.30. The number of benzene rings is 1. The van der Waals surface area contributed by atoms with Crippen LogP contribution in [-0.4, -0.2) is 15.3 Å². The highest BCUT2D eigenvalue weighted by Gasteiger charge is 2.09. The third-order valence-corrected chi connectivity index (χ3v) is 2.30. The molecule has 3 nitrogen and oxygen atoms in total. The quantitative estimate of drug-likeness (QED) is 0.827. The average Bonchev–Trinajstić information content (AvgIpc) is 2.57. The molecule has 0 spiro atoms. The molecule has 0 radical (unpaired) electrons. The fourth-order valence-corrected chi connectivity index (χ4v) is 1.45. The number of aromatic amines is 1. The Morgan fingerprint density at radius 3 is 2.87 bits per heavy atom. The van der Waals surface area contributed by atoms with E-state index in [0.29, 0.717) is 16.3 Å². The van der Waals surface area contributed by atoms with Crippen LogP contribution in [0.2, 0.25) is 5.02 Å². The number of H-pyrrole nitrogens is 1. The smallest absolute Gasteiger partial charge is 0.156 e. The Hall–Kier alpha value is -1.55. The van der Waals surface area contributed by atoms with Crippen LogP contribution in [0.15, 0.2) is 24.4 Å². The number of nitrogens with one attached hydrogen (secondary N) is 1. The summed E-state index contributed by atoms with van der Waals surface area (Å²) < 4.78 is 13.4. The van der Waals surface area contributed by atoms with Gasteiger partial charge >= 0.3 is 0 Å². The van der Waals surface area contributed by atoms with E-state index < -0.39 is 5.82 Å². The average molecular weight is 227 g/mol. The molecule has 1 aromatic carbocycles. The van der Waals surface area contributed by atoms with E-state index in [0.717, 1.165) is 0 Å².